The van der Waals surface area contributed by atoms with Crippen molar-refractivity contribution in [3.8, 4) is 0 Å². The number of nitrogen functional groups attached to an aromatic ring is 1. The van der Waals surface area contributed by atoms with Crippen LogP contribution >= 0.6 is 0 Å². The first-order valence-electron chi connectivity index (χ1n) is 12.4. The number of aryl methyl sites for hydroxylation is 1. The van der Waals surface area contributed by atoms with Gasteiger partial charge >= 0.3 is 6.18 Å². The van der Waals surface area contributed by atoms with Gasteiger partial charge in [0, 0.05) is 32.2 Å². The maximum atomic E-state index is 12.6. The molecule has 1 aliphatic heterocycles. The molecule has 0 spiro atoms. The van der Waals surface area contributed by atoms with E-state index >= 15 is 0 Å². The van der Waals surface area contributed by atoms with Crippen LogP contribution in [0.4, 0.5) is 25.1 Å². The van der Waals surface area contributed by atoms with E-state index in [2.05, 4.69) is 49.2 Å². The van der Waals surface area contributed by atoms with Gasteiger partial charge in [0.05, 0.1) is 4.90 Å². The lowest BCUT2D eigenvalue weighted by atomic mass is 10.0. The number of sulfonamides is 1. The van der Waals surface area contributed by atoms with Crippen molar-refractivity contribution in [1.82, 2.24) is 24.8 Å². The minimum absolute atomic E-state index is 0.185. The van der Waals surface area contributed by atoms with E-state index in [4.69, 9.17) is 5.73 Å². The second-order valence-corrected chi connectivity index (χ2v) is 11.3. The van der Waals surface area contributed by atoms with Gasteiger partial charge in [0.1, 0.15) is 6.54 Å². The van der Waals surface area contributed by atoms with Crippen molar-refractivity contribution in [3.05, 3.63) is 65.2 Å². The van der Waals surface area contributed by atoms with E-state index in [0.717, 1.165) is 38.9 Å². The van der Waals surface area contributed by atoms with Crippen LogP contribution in [0.1, 0.15) is 29.5 Å². The van der Waals surface area contributed by atoms with Crippen LogP contribution in [0.15, 0.2) is 53.4 Å². The van der Waals surface area contributed by atoms with Crippen LogP contribution in [0.5, 0.6) is 0 Å². The number of hydrogen-bond acceptors (Lipinski definition) is 7. The van der Waals surface area contributed by atoms with Crippen LogP contribution in [0, 0.1) is 6.92 Å². The van der Waals surface area contributed by atoms with Crippen molar-refractivity contribution in [1.29, 1.82) is 0 Å². The molecule has 0 bridgehead atoms. The van der Waals surface area contributed by atoms with E-state index in [0.29, 0.717) is 18.1 Å². The monoisotopic (exact) mass is 551 g/mol. The van der Waals surface area contributed by atoms with Gasteiger partial charge in [-0.3, -0.25) is 4.90 Å². The number of nitrogens with one attached hydrogen (secondary N) is 2. The van der Waals surface area contributed by atoms with Gasteiger partial charge in [-0.1, -0.05) is 42.0 Å². The second-order valence-electron chi connectivity index (χ2n) is 9.53. The Morgan fingerprint density at radius 1 is 1.13 bits per heavy atom. The Labute approximate surface area is 220 Å². The first kappa shape index (κ1) is 27.9. The van der Waals surface area contributed by atoms with E-state index in [9.17, 15) is 21.6 Å². The Morgan fingerprint density at radius 3 is 2.47 bits per heavy atom. The largest absolute Gasteiger partial charge is 0.402 e. The number of H-pyrrole nitrogens is 1. The molecule has 3 aromatic rings. The fraction of sp³-hybridized carbons (Fsp3) is 0.440. The zero-order valence-electron chi connectivity index (χ0n) is 21.1. The number of aromatic amines is 1. The van der Waals surface area contributed by atoms with Crippen LogP contribution in [0.2, 0.25) is 0 Å². The van der Waals surface area contributed by atoms with E-state index in [1.54, 1.807) is 16.9 Å². The Kier molecular flexibility index (Phi) is 8.58. The first-order chi connectivity index (χ1) is 18.0. The molecule has 0 amide bonds. The number of benzene rings is 2. The van der Waals surface area contributed by atoms with Crippen LogP contribution in [-0.4, -0.2) is 66.9 Å². The average Bonchev–Trinajstić information content (AvgIpc) is 3.32. The van der Waals surface area contributed by atoms with Gasteiger partial charge in [-0.25, -0.2) is 18.2 Å². The Bertz CT molecular complexity index is 1300. The summed E-state index contributed by atoms with van der Waals surface area (Å²) < 4.78 is 64.4. The number of anilines is 2. The summed E-state index contributed by atoms with van der Waals surface area (Å²) >= 11 is 0. The number of hydrogen-bond donors (Lipinski definition) is 3. The van der Waals surface area contributed by atoms with Crippen molar-refractivity contribution in [3.63, 3.8) is 0 Å². The zero-order chi connectivity index (χ0) is 27.3. The van der Waals surface area contributed by atoms with E-state index in [1.807, 2.05) is 6.92 Å². The lowest BCUT2D eigenvalue weighted by molar-refractivity contribution is -0.121. The SMILES string of the molecule is Cc1ccc(CCN(Cc2cccc(S(=O)(=O)NCC(F)(F)F)c2)C2CCN(c3n[nH]c(N)n3)CC2)cc1. The second kappa shape index (κ2) is 11.7. The molecule has 4 rings (SSSR count). The quantitative estimate of drug-likeness (QED) is 0.354. The fourth-order valence-electron chi connectivity index (χ4n) is 4.56. The topological polar surface area (TPSA) is 120 Å². The van der Waals surface area contributed by atoms with Gasteiger partial charge in [-0.2, -0.15) is 18.2 Å². The molecule has 1 fully saturated rings. The molecule has 4 N–H and O–H groups in total. The highest BCUT2D eigenvalue weighted by atomic mass is 32.2. The number of rotatable bonds is 10. The lowest BCUT2D eigenvalue weighted by Crippen LogP contribution is -2.45. The maximum Gasteiger partial charge on any atom is 0.402 e. The summed E-state index contributed by atoms with van der Waals surface area (Å²) in [5.41, 5.74) is 8.76. The molecule has 0 unspecified atom stereocenters. The van der Waals surface area contributed by atoms with E-state index in [1.165, 1.54) is 23.3 Å². The normalized spacial score (nSPS) is 15.3. The van der Waals surface area contributed by atoms with Crippen LogP contribution in [-0.2, 0) is 23.0 Å². The Balaban J connectivity index is 1.48. The molecule has 2 heterocycles. The maximum absolute atomic E-state index is 12.6. The van der Waals surface area contributed by atoms with Crippen LogP contribution in [0.25, 0.3) is 0 Å². The molecule has 38 heavy (non-hydrogen) atoms. The predicted molar refractivity (Wildman–Crippen MR) is 139 cm³/mol. The molecule has 0 aliphatic carbocycles. The highest BCUT2D eigenvalue weighted by molar-refractivity contribution is 7.89. The van der Waals surface area contributed by atoms with Crippen molar-refractivity contribution >= 4 is 21.9 Å². The molecular weight excluding hydrogens is 519 g/mol. The van der Waals surface area contributed by atoms with Crippen LogP contribution < -0.4 is 15.4 Å². The molecule has 206 valence electrons. The van der Waals surface area contributed by atoms with Gasteiger partial charge in [-0.15, -0.1) is 5.10 Å². The number of nitrogens with zero attached hydrogens (tertiary/aromatic N) is 4. The number of alkyl halides is 3. The molecule has 0 atom stereocenters. The summed E-state index contributed by atoms with van der Waals surface area (Å²) in [5.74, 6) is 0.831. The number of piperidine rings is 1. The molecule has 2 aromatic carbocycles. The molecule has 0 saturated carbocycles. The van der Waals surface area contributed by atoms with E-state index < -0.39 is 22.7 Å². The minimum Gasteiger partial charge on any atom is -0.368 e. The molecule has 1 saturated heterocycles. The van der Waals surface area contributed by atoms with Gasteiger partial charge in [0.25, 0.3) is 0 Å². The van der Waals surface area contributed by atoms with Crippen molar-refractivity contribution < 1.29 is 21.6 Å². The van der Waals surface area contributed by atoms with Gasteiger partial charge in [0.2, 0.25) is 21.9 Å². The van der Waals surface area contributed by atoms with Gasteiger partial charge < -0.3 is 10.6 Å². The molecule has 0 radical (unpaired) electrons. The Morgan fingerprint density at radius 2 is 1.84 bits per heavy atom. The highest BCUT2D eigenvalue weighted by Gasteiger charge is 2.30. The lowest BCUT2D eigenvalue weighted by Gasteiger charge is -2.38. The molecule has 1 aromatic heterocycles. The summed E-state index contributed by atoms with van der Waals surface area (Å²) in [5, 5.41) is 6.80. The number of aromatic nitrogens is 3. The first-order valence-corrected chi connectivity index (χ1v) is 13.8. The summed E-state index contributed by atoms with van der Waals surface area (Å²) in [6.45, 7) is 3.10. The van der Waals surface area contributed by atoms with Gasteiger partial charge in [-0.05, 0) is 49.4 Å². The Hall–Kier alpha value is -3.16. The molecular formula is C25H32F3N7O2S. The average molecular weight is 552 g/mol. The zero-order valence-corrected chi connectivity index (χ0v) is 21.9. The third-order valence-electron chi connectivity index (χ3n) is 6.62. The van der Waals surface area contributed by atoms with Crippen molar-refractivity contribution in [2.75, 3.05) is 36.8 Å². The molecule has 13 heteroatoms. The number of halogens is 3. The molecule has 9 nitrogen and oxygen atoms in total. The minimum atomic E-state index is -4.64. The highest BCUT2D eigenvalue weighted by Crippen LogP contribution is 2.24. The predicted octanol–water partition coefficient (Wildman–Crippen LogP) is 3.25. The number of nitrogens with two attached hydrogens (primary N) is 1. The molecule has 1 aliphatic rings. The standard InChI is InChI=1S/C25H32F3N7O2S/c1-18-5-7-19(8-6-18)9-12-35(21-10-13-34(14-11-21)24-31-23(29)32-33-24)16-20-3-2-4-22(15-20)38(36,37)30-17-25(26,27)28/h2-8,15,21,30H,9-14,16-17H2,1H3,(H3,29,31,32,33). The smallest absolute Gasteiger partial charge is 0.368 e. The summed E-state index contributed by atoms with van der Waals surface area (Å²) in [4.78, 5) is 8.41. The van der Waals surface area contributed by atoms with Gasteiger partial charge in [0.15, 0.2) is 0 Å². The third-order valence-corrected chi connectivity index (χ3v) is 8.02. The van der Waals surface area contributed by atoms with E-state index in [-0.39, 0.29) is 16.9 Å². The third kappa shape index (κ3) is 7.68. The summed E-state index contributed by atoms with van der Waals surface area (Å²) in [6, 6.07) is 14.7. The van der Waals surface area contributed by atoms with Crippen LogP contribution in [0.3, 0.4) is 0 Å². The fourth-order valence-corrected chi connectivity index (χ4v) is 5.65. The van der Waals surface area contributed by atoms with Crippen molar-refractivity contribution in [2.24, 2.45) is 0 Å². The summed E-state index contributed by atoms with van der Waals surface area (Å²) in [7, 11) is -4.29. The van der Waals surface area contributed by atoms with Crippen molar-refractivity contribution in [2.45, 2.75) is 49.8 Å². The summed E-state index contributed by atoms with van der Waals surface area (Å²) in [6.07, 6.45) is -2.15.